The summed E-state index contributed by atoms with van der Waals surface area (Å²) >= 11 is 0. The Hall–Kier alpha value is -1.68. The molecule has 4 aliphatic rings. The minimum absolute atomic E-state index is 0.645. The van der Waals surface area contributed by atoms with Crippen LogP contribution in [-0.2, 0) is 13.0 Å². The van der Waals surface area contributed by atoms with Gasteiger partial charge in [-0.25, -0.2) is 0 Å². The lowest BCUT2D eigenvalue weighted by atomic mass is 9.75. The molecule has 4 saturated heterocycles. The Morgan fingerprint density at radius 1 is 0.889 bits per heavy atom. The van der Waals surface area contributed by atoms with Gasteiger partial charge in [-0.05, 0) is 61.5 Å². The smallest absolute Gasteiger partial charge is 0.0335 e. The average Bonchev–Trinajstić information content (AvgIpc) is 3.12. The van der Waals surface area contributed by atoms with Crippen LogP contribution in [-0.4, -0.2) is 48.1 Å². The van der Waals surface area contributed by atoms with Gasteiger partial charge >= 0.3 is 0 Å². The molecule has 2 aromatic carbocycles. The standard InChI is InChI=1S/C24H31N3/c25-12-9-18-5-4-6-19(15-18)16-27-17-22(20-7-2-1-3-8-20)24-23(27)21-10-13-26(24)14-11-21/h1-8,15,21-24H,9-14,16-17,25H2/t22-,23-,24-/m1/s1. The van der Waals surface area contributed by atoms with Crippen LogP contribution in [0.1, 0.15) is 35.4 Å². The van der Waals surface area contributed by atoms with Crippen LogP contribution in [0, 0.1) is 5.92 Å². The lowest BCUT2D eigenvalue weighted by molar-refractivity contribution is -0.00869. The molecule has 0 amide bonds. The molecule has 3 nitrogen and oxygen atoms in total. The van der Waals surface area contributed by atoms with Crippen molar-refractivity contribution in [3.05, 3.63) is 71.3 Å². The van der Waals surface area contributed by atoms with Crippen molar-refractivity contribution < 1.29 is 0 Å². The molecule has 0 spiro atoms. The second kappa shape index (κ2) is 7.38. The lowest BCUT2D eigenvalue weighted by Gasteiger charge is -2.51. The third-order valence-electron chi connectivity index (χ3n) is 7.13. The largest absolute Gasteiger partial charge is 0.330 e. The highest BCUT2D eigenvalue weighted by Crippen LogP contribution is 2.46. The van der Waals surface area contributed by atoms with Gasteiger partial charge in [-0.15, -0.1) is 0 Å². The second-order valence-electron chi connectivity index (χ2n) is 8.66. The molecule has 2 bridgehead atoms. The fourth-order valence-electron chi connectivity index (χ4n) is 6.00. The van der Waals surface area contributed by atoms with Crippen molar-refractivity contribution in [1.82, 2.24) is 9.80 Å². The molecular weight excluding hydrogens is 330 g/mol. The molecule has 0 radical (unpaired) electrons. The summed E-state index contributed by atoms with van der Waals surface area (Å²) in [7, 11) is 0. The lowest BCUT2D eigenvalue weighted by Crippen LogP contribution is -2.59. The van der Waals surface area contributed by atoms with E-state index < -0.39 is 0 Å². The minimum Gasteiger partial charge on any atom is -0.330 e. The van der Waals surface area contributed by atoms with E-state index in [1.54, 1.807) is 0 Å². The molecule has 0 saturated carbocycles. The maximum atomic E-state index is 5.77. The third kappa shape index (κ3) is 3.22. The monoisotopic (exact) mass is 361 g/mol. The summed E-state index contributed by atoms with van der Waals surface area (Å²) < 4.78 is 0. The van der Waals surface area contributed by atoms with Crippen molar-refractivity contribution in [1.29, 1.82) is 0 Å². The van der Waals surface area contributed by atoms with Crippen LogP contribution in [0.4, 0.5) is 0 Å². The zero-order chi connectivity index (χ0) is 18.2. The molecule has 0 unspecified atom stereocenters. The highest BCUT2D eigenvalue weighted by atomic mass is 15.3. The number of rotatable bonds is 5. The number of hydrogen-bond donors (Lipinski definition) is 1. The van der Waals surface area contributed by atoms with Crippen LogP contribution in [0.25, 0.3) is 0 Å². The zero-order valence-corrected chi connectivity index (χ0v) is 16.1. The summed E-state index contributed by atoms with van der Waals surface area (Å²) in [6.07, 6.45) is 3.74. The van der Waals surface area contributed by atoms with Gasteiger partial charge in [0.25, 0.3) is 0 Å². The van der Waals surface area contributed by atoms with Crippen LogP contribution in [0.3, 0.4) is 0 Å². The van der Waals surface area contributed by atoms with Gasteiger partial charge in [-0.1, -0.05) is 54.6 Å². The molecule has 2 aromatic rings. The number of fused-ring (bicyclic) bond motifs is 2. The molecule has 142 valence electrons. The zero-order valence-electron chi connectivity index (χ0n) is 16.1. The van der Waals surface area contributed by atoms with E-state index >= 15 is 0 Å². The molecule has 4 aliphatic heterocycles. The number of benzene rings is 2. The van der Waals surface area contributed by atoms with Crippen molar-refractivity contribution >= 4 is 0 Å². The van der Waals surface area contributed by atoms with Gasteiger partial charge in [0.15, 0.2) is 0 Å². The van der Waals surface area contributed by atoms with Crippen LogP contribution >= 0.6 is 0 Å². The Labute approximate surface area is 163 Å². The SMILES string of the molecule is NCCc1cccc(CN2C[C@H](c3ccccc3)[C@@H]3[C@H]2C2CCN3CC2)c1. The Morgan fingerprint density at radius 2 is 1.67 bits per heavy atom. The van der Waals surface area contributed by atoms with Gasteiger partial charge in [0.1, 0.15) is 0 Å². The van der Waals surface area contributed by atoms with Crippen LogP contribution in [0.15, 0.2) is 54.6 Å². The van der Waals surface area contributed by atoms with Gasteiger partial charge in [-0.2, -0.15) is 0 Å². The first-order valence-corrected chi connectivity index (χ1v) is 10.6. The molecule has 0 aromatic heterocycles. The number of nitrogens with zero attached hydrogens (tertiary/aromatic N) is 2. The van der Waals surface area contributed by atoms with Gasteiger partial charge in [0, 0.05) is 31.1 Å². The van der Waals surface area contributed by atoms with Crippen molar-refractivity contribution in [2.75, 3.05) is 26.2 Å². The highest BCUT2D eigenvalue weighted by molar-refractivity contribution is 5.29. The number of nitrogens with two attached hydrogens (primary N) is 1. The highest BCUT2D eigenvalue weighted by Gasteiger charge is 2.52. The van der Waals surface area contributed by atoms with Crippen molar-refractivity contribution in [2.24, 2.45) is 11.7 Å². The first kappa shape index (κ1) is 17.4. The number of hydrogen-bond acceptors (Lipinski definition) is 3. The summed E-state index contributed by atoms with van der Waals surface area (Å²) in [4.78, 5) is 5.60. The summed E-state index contributed by atoms with van der Waals surface area (Å²) in [6.45, 7) is 5.59. The maximum absolute atomic E-state index is 5.77. The van der Waals surface area contributed by atoms with Crippen molar-refractivity contribution in [3.8, 4) is 0 Å². The summed E-state index contributed by atoms with van der Waals surface area (Å²) in [5.41, 5.74) is 10.1. The Morgan fingerprint density at radius 3 is 2.44 bits per heavy atom. The van der Waals surface area contributed by atoms with E-state index in [-0.39, 0.29) is 0 Å². The maximum Gasteiger partial charge on any atom is 0.0335 e. The summed E-state index contributed by atoms with van der Waals surface area (Å²) in [6, 6.07) is 21.8. The molecule has 3 atom stereocenters. The van der Waals surface area contributed by atoms with Gasteiger partial charge in [0.05, 0.1) is 0 Å². The van der Waals surface area contributed by atoms with Crippen molar-refractivity contribution in [3.63, 3.8) is 0 Å². The Kier molecular flexibility index (Phi) is 4.76. The van der Waals surface area contributed by atoms with E-state index in [1.165, 1.54) is 49.2 Å². The predicted molar refractivity (Wildman–Crippen MR) is 111 cm³/mol. The van der Waals surface area contributed by atoms with Crippen LogP contribution in [0.2, 0.25) is 0 Å². The molecule has 0 aliphatic carbocycles. The summed E-state index contributed by atoms with van der Waals surface area (Å²) in [5, 5.41) is 0. The second-order valence-corrected chi connectivity index (χ2v) is 8.66. The molecule has 4 heterocycles. The van der Waals surface area contributed by atoms with E-state index in [9.17, 15) is 0 Å². The average molecular weight is 362 g/mol. The fourth-order valence-corrected chi connectivity index (χ4v) is 6.00. The molecular formula is C24H31N3. The van der Waals surface area contributed by atoms with Crippen LogP contribution < -0.4 is 5.73 Å². The molecule has 6 rings (SSSR count). The normalized spacial score (nSPS) is 32.6. The molecule has 3 heteroatoms. The van der Waals surface area contributed by atoms with E-state index in [1.807, 2.05) is 0 Å². The molecule has 4 fully saturated rings. The summed E-state index contributed by atoms with van der Waals surface area (Å²) in [5.74, 6) is 1.52. The minimum atomic E-state index is 0.645. The first-order chi connectivity index (χ1) is 13.3. The number of likely N-dealkylation sites (tertiary alicyclic amines) is 1. The van der Waals surface area contributed by atoms with Gasteiger partial charge in [-0.3, -0.25) is 9.80 Å². The van der Waals surface area contributed by atoms with E-state index in [4.69, 9.17) is 5.73 Å². The number of piperidine rings is 3. The van der Waals surface area contributed by atoms with Gasteiger partial charge in [0.2, 0.25) is 0 Å². The topological polar surface area (TPSA) is 32.5 Å². The van der Waals surface area contributed by atoms with Crippen molar-refractivity contribution in [2.45, 2.75) is 43.8 Å². The fraction of sp³-hybridized carbons (Fsp3) is 0.500. The Bertz CT molecular complexity index is 766. The quantitative estimate of drug-likeness (QED) is 0.887. The third-order valence-corrected chi connectivity index (χ3v) is 7.13. The molecule has 2 N–H and O–H groups in total. The van der Waals surface area contributed by atoms with E-state index in [0.29, 0.717) is 12.0 Å². The van der Waals surface area contributed by atoms with Gasteiger partial charge < -0.3 is 5.73 Å². The Balaban J connectivity index is 1.43. The van der Waals surface area contributed by atoms with Crippen LogP contribution in [0.5, 0.6) is 0 Å². The predicted octanol–water partition coefficient (Wildman–Crippen LogP) is 3.25. The van der Waals surface area contributed by atoms with E-state index in [0.717, 1.165) is 31.5 Å². The molecule has 27 heavy (non-hydrogen) atoms. The van der Waals surface area contributed by atoms with E-state index in [2.05, 4.69) is 64.4 Å². The first-order valence-electron chi connectivity index (χ1n) is 10.6.